The topological polar surface area (TPSA) is 104 Å². The highest BCUT2D eigenvalue weighted by Gasteiger charge is 2.24. The normalized spacial score (nSPS) is 12.8. The molecule has 0 aliphatic carbocycles. The van der Waals surface area contributed by atoms with Gasteiger partial charge in [-0.1, -0.05) is 12.1 Å². The lowest BCUT2D eigenvalue weighted by atomic mass is 9.96. The van der Waals surface area contributed by atoms with Crippen LogP contribution in [0.25, 0.3) is 11.3 Å². The van der Waals surface area contributed by atoms with Crippen molar-refractivity contribution in [2.75, 3.05) is 13.7 Å². The third-order valence-electron chi connectivity index (χ3n) is 4.43. The average Bonchev–Trinajstić information content (AvgIpc) is 2.72. The summed E-state index contributed by atoms with van der Waals surface area (Å²) in [5, 5.41) is 13.2. The number of hydrogen-bond acceptors (Lipinski definition) is 5. The molecule has 0 radical (unpaired) electrons. The first-order chi connectivity index (χ1) is 13.8. The van der Waals surface area contributed by atoms with E-state index in [0.717, 1.165) is 0 Å². The number of methoxy groups -OCH3 is 1. The van der Waals surface area contributed by atoms with Crippen LogP contribution >= 0.6 is 0 Å². The standard InChI is InChI=1S/C21H20FN3O4/c1-21(28,14-5-7-15(22)8-6-14)12-23-19(26)18-11-17(24-20(27)25-18)13-3-9-16(29-2)10-4-13/h3-11,28H,12H2,1-2H3,(H,23,26)(H,24,25,27). The maximum atomic E-state index is 13.1. The van der Waals surface area contributed by atoms with Gasteiger partial charge in [0, 0.05) is 5.56 Å². The molecule has 0 fully saturated rings. The van der Waals surface area contributed by atoms with E-state index in [2.05, 4.69) is 15.3 Å². The lowest BCUT2D eigenvalue weighted by Gasteiger charge is -2.24. The van der Waals surface area contributed by atoms with E-state index in [9.17, 15) is 19.1 Å². The summed E-state index contributed by atoms with van der Waals surface area (Å²) in [6, 6.07) is 13.7. The molecular formula is C21H20FN3O4. The molecule has 7 nitrogen and oxygen atoms in total. The predicted molar refractivity (Wildman–Crippen MR) is 105 cm³/mol. The van der Waals surface area contributed by atoms with E-state index in [4.69, 9.17) is 4.74 Å². The zero-order valence-electron chi connectivity index (χ0n) is 15.9. The van der Waals surface area contributed by atoms with Gasteiger partial charge in [0.15, 0.2) is 0 Å². The minimum Gasteiger partial charge on any atom is -0.497 e. The summed E-state index contributed by atoms with van der Waals surface area (Å²) in [5.41, 5.74) is -0.674. The highest BCUT2D eigenvalue weighted by molar-refractivity contribution is 5.93. The number of aliphatic hydroxyl groups is 1. The van der Waals surface area contributed by atoms with E-state index in [1.54, 1.807) is 31.4 Å². The molecule has 1 amide bonds. The van der Waals surface area contributed by atoms with Gasteiger partial charge in [-0.15, -0.1) is 0 Å². The highest BCUT2D eigenvalue weighted by Crippen LogP contribution is 2.21. The minimum atomic E-state index is -1.42. The molecule has 8 heteroatoms. The van der Waals surface area contributed by atoms with E-state index >= 15 is 0 Å². The van der Waals surface area contributed by atoms with E-state index in [0.29, 0.717) is 22.6 Å². The Hall–Kier alpha value is -3.52. The number of H-pyrrole nitrogens is 1. The number of rotatable bonds is 6. The molecule has 0 spiro atoms. The molecule has 0 saturated heterocycles. The zero-order valence-corrected chi connectivity index (χ0v) is 15.9. The Morgan fingerprint density at radius 3 is 2.48 bits per heavy atom. The Morgan fingerprint density at radius 1 is 1.21 bits per heavy atom. The molecule has 0 aliphatic rings. The maximum Gasteiger partial charge on any atom is 0.346 e. The number of ether oxygens (including phenoxy) is 1. The van der Waals surface area contributed by atoms with Gasteiger partial charge in [0.2, 0.25) is 0 Å². The summed E-state index contributed by atoms with van der Waals surface area (Å²) in [5.74, 6) is -0.352. The van der Waals surface area contributed by atoms with Crippen LogP contribution in [0.5, 0.6) is 5.75 Å². The number of amides is 1. The Bertz CT molecular complexity index is 1060. The van der Waals surface area contributed by atoms with Crippen LogP contribution < -0.4 is 15.7 Å². The summed E-state index contributed by atoms with van der Waals surface area (Å²) >= 11 is 0. The Labute approximate surface area is 166 Å². The molecule has 29 heavy (non-hydrogen) atoms. The van der Waals surface area contributed by atoms with Crippen molar-refractivity contribution < 1.29 is 19.0 Å². The molecule has 1 unspecified atom stereocenters. The molecule has 0 saturated carbocycles. The van der Waals surface area contributed by atoms with Crippen LogP contribution in [-0.4, -0.2) is 34.6 Å². The zero-order chi connectivity index (χ0) is 21.0. The van der Waals surface area contributed by atoms with Gasteiger partial charge in [0.25, 0.3) is 5.91 Å². The Morgan fingerprint density at radius 2 is 1.86 bits per heavy atom. The van der Waals surface area contributed by atoms with Crippen LogP contribution in [0.15, 0.2) is 59.4 Å². The molecule has 150 valence electrons. The number of nitrogens with zero attached hydrogens (tertiary/aromatic N) is 1. The lowest BCUT2D eigenvalue weighted by molar-refractivity contribution is 0.0524. The first-order valence-electron chi connectivity index (χ1n) is 8.81. The summed E-state index contributed by atoms with van der Waals surface area (Å²) < 4.78 is 18.2. The van der Waals surface area contributed by atoms with Gasteiger partial charge in [-0.3, -0.25) is 4.79 Å². The Kier molecular flexibility index (Phi) is 5.74. The smallest absolute Gasteiger partial charge is 0.346 e. The molecule has 1 heterocycles. The second kappa shape index (κ2) is 8.24. The van der Waals surface area contributed by atoms with Crippen LogP contribution in [0.2, 0.25) is 0 Å². The highest BCUT2D eigenvalue weighted by atomic mass is 19.1. The van der Waals surface area contributed by atoms with Crippen molar-refractivity contribution in [3.8, 4) is 17.0 Å². The second-order valence-electron chi connectivity index (χ2n) is 6.68. The number of carbonyl (C=O) groups excluding carboxylic acids is 1. The predicted octanol–water partition coefficient (Wildman–Crippen LogP) is 2.22. The largest absolute Gasteiger partial charge is 0.497 e. The number of hydrogen-bond donors (Lipinski definition) is 3. The first-order valence-corrected chi connectivity index (χ1v) is 8.81. The number of aromatic amines is 1. The van der Waals surface area contributed by atoms with E-state index in [-0.39, 0.29) is 12.2 Å². The molecule has 3 aromatic rings. The molecule has 3 N–H and O–H groups in total. The molecule has 0 bridgehead atoms. The van der Waals surface area contributed by atoms with Crippen molar-refractivity contribution in [2.24, 2.45) is 0 Å². The van der Waals surface area contributed by atoms with Crippen LogP contribution in [0.3, 0.4) is 0 Å². The SMILES string of the molecule is COc1ccc(-c2cc(C(=O)NCC(C)(O)c3ccc(F)cc3)[nH]c(=O)n2)cc1. The molecular weight excluding hydrogens is 377 g/mol. The van der Waals surface area contributed by atoms with E-state index < -0.39 is 23.0 Å². The van der Waals surface area contributed by atoms with Gasteiger partial charge in [0.1, 0.15) is 22.9 Å². The summed E-state index contributed by atoms with van der Waals surface area (Å²) in [6.07, 6.45) is 0. The molecule has 1 atom stereocenters. The number of nitrogens with one attached hydrogen (secondary N) is 2. The monoisotopic (exact) mass is 397 g/mol. The van der Waals surface area contributed by atoms with Gasteiger partial charge in [-0.25, -0.2) is 9.18 Å². The third-order valence-corrected chi connectivity index (χ3v) is 4.43. The van der Waals surface area contributed by atoms with Crippen molar-refractivity contribution in [1.29, 1.82) is 0 Å². The van der Waals surface area contributed by atoms with Gasteiger partial charge in [-0.05, 0) is 55.0 Å². The van der Waals surface area contributed by atoms with Crippen LogP contribution in [0, 0.1) is 5.82 Å². The summed E-state index contributed by atoms with van der Waals surface area (Å²) in [7, 11) is 1.55. The Balaban J connectivity index is 1.77. The van der Waals surface area contributed by atoms with E-state index in [1.807, 2.05) is 0 Å². The van der Waals surface area contributed by atoms with E-state index in [1.165, 1.54) is 37.3 Å². The van der Waals surface area contributed by atoms with Crippen molar-refractivity contribution in [1.82, 2.24) is 15.3 Å². The summed E-state index contributed by atoms with van der Waals surface area (Å²) in [4.78, 5) is 30.7. The number of benzene rings is 2. The number of halogens is 1. The number of carbonyl (C=O) groups is 1. The number of aromatic nitrogens is 2. The lowest BCUT2D eigenvalue weighted by Crippen LogP contribution is -2.39. The van der Waals surface area contributed by atoms with Gasteiger partial charge in [-0.2, -0.15) is 4.98 Å². The fraction of sp³-hybridized carbons (Fsp3) is 0.190. The quantitative estimate of drug-likeness (QED) is 0.592. The third kappa shape index (κ3) is 4.85. The van der Waals surface area contributed by atoms with Crippen LogP contribution in [-0.2, 0) is 5.60 Å². The minimum absolute atomic E-state index is 0.00530. The molecule has 0 aliphatic heterocycles. The van der Waals surface area contributed by atoms with Gasteiger partial charge in [0.05, 0.1) is 19.3 Å². The fourth-order valence-corrected chi connectivity index (χ4v) is 2.75. The van der Waals surface area contributed by atoms with Gasteiger partial charge < -0.3 is 20.1 Å². The molecule has 2 aromatic carbocycles. The summed E-state index contributed by atoms with van der Waals surface area (Å²) in [6.45, 7) is 1.36. The van der Waals surface area contributed by atoms with Crippen molar-refractivity contribution >= 4 is 5.91 Å². The first kappa shape index (κ1) is 20.2. The van der Waals surface area contributed by atoms with Crippen LogP contribution in [0.1, 0.15) is 23.0 Å². The van der Waals surface area contributed by atoms with Crippen LogP contribution in [0.4, 0.5) is 4.39 Å². The van der Waals surface area contributed by atoms with Crippen molar-refractivity contribution in [2.45, 2.75) is 12.5 Å². The molecule has 1 aromatic heterocycles. The maximum absolute atomic E-state index is 13.1. The molecule has 3 rings (SSSR count). The van der Waals surface area contributed by atoms with Crippen molar-refractivity contribution in [3.05, 3.63) is 82.2 Å². The van der Waals surface area contributed by atoms with Gasteiger partial charge >= 0.3 is 5.69 Å². The average molecular weight is 397 g/mol. The second-order valence-corrected chi connectivity index (χ2v) is 6.68. The van der Waals surface area contributed by atoms with Crippen molar-refractivity contribution in [3.63, 3.8) is 0 Å². The fourth-order valence-electron chi connectivity index (χ4n) is 2.75.